The minimum atomic E-state index is -4.12. The molecule has 2 saturated carbocycles. The molecule has 0 aliphatic heterocycles. The van der Waals surface area contributed by atoms with E-state index in [1.54, 1.807) is 0 Å². The molecular weight excluding hydrogens is 631 g/mol. The van der Waals surface area contributed by atoms with Crippen LogP contribution in [-0.2, 0) is 21.1 Å². The van der Waals surface area contributed by atoms with Gasteiger partial charge in [-0.3, -0.25) is 9.59 Å². The predicted octanol–water partition coefficient (Wildman–Crippen LogP) is 4.64. The van der Waals surface area contributed by atoms with Gasteiger partial charge in [0.05, 0.1) is 26.8 Å². The van der Waals surface area contributed by atoms with Crippen LogP contribution in [0.2, 0.25) is 5.02 Å². The van der Waals surface area contributed by atoms with Gasteiger partial charge in [0.25, 0.3) is 5.91 Å². The monoisotopic (exact) mass is 663 g/mol. The summed E-state index contributed by atoms with van der Waals surface area (Å²) in [5.41, 5.74) is 5.16. The third kappa shape index (κ3) is 6.60. The second kappa shape index (κ2) is 12.7. The van der Waals surface area contributed by atoms with E-state index in [1.165, 1.54) is 12.1 Å². The maximum atomic E-state index is 13.9. The van der Waals surface area contributed by atoms with E-state index >= 15 is 0 Å². The Morgan fingerprint density at radius 2 is 1.71 bits per heavy atom. The molecule has 240 valence electrons. The minimum absolute atomic E-state index is 0.0285. The molecule has 8 nitrogen and oxygen atoms in total. The third-order valence-electron chi connectivity index (χ3n) is 9.12. The van der Waals surface area contributed by atoms with Gasteiger partial charge in [0.1, 0.15) is 0 Å². The first-order chi connectivity index (χ1) is 21.2. The molecule has 45 heavy (non-hydrogen) atoms. The second-order valence-corrected chi connectivity index (χ2v) is 14.6. The smallest absolute Gasteiger partial charge is 0.255 e. The summed E-state index contributed by atoms with van der Waals surface area (Å²) < 4.78 is 68.4. The Labute approximate surface area is 264 Å². The van der Waals surface area contributed by atoms with Crippen LogP contribution >= 0.6 is 11.6 Å². The van der Waals surface area contributed by atoms with Gasteiger partial charge in [0.15, 0.2) is 27.3 Å². The van der Waals surface area contributed by atoms with Gasteiger partial charge >= 0.3 is 0 Å². The number of amides is 2. The Morgan fingerprint density at radius 1 is 1.04 bits per heavy atom. The lowest BCUT2D eigenvalue weighted by molar-refractivity contribution is -0.125. The van der Waals surface area contributed by atoms with Gasteiger partial charge in [-0.05, 0) is 67.2 Å². The number of aliphatic hydroxyl groups is 1. The van der Waals surface area contributed by atoms with Crippen LogP contribution in [0.4, 0.5) is 18.9 Å². The predicted molar refractivity (Wildman–Crippen MR) is 163 cm³/mol. The zero-order valence-electron chi connectivity index (χ0n) is 24.3. The third-order valence-corrected chi connectivity index (χ3v) is 11.8. The summed E-state index contributed by atoms with van der Waals surface area (Å²) in [4.78, 5) is 25.3. The molecule has 13 heteroatoms. The van der Waals surface area contributed by atoms with Gasteiger partial charge in [-0.2, -0.15) is 0 Å². The van der Waals surface area contributed by atoms with Crippen LogP contribution < -0.4 is 16.4 Å². The Balaban J connectivity index is 1.29. The largest absolute Gasteiger partial charge is 0.387 e. The van der Waals surface area contributed by atoms with Crippen molar-refractivity contribution < 1.29 is 36.3 Å². The molecule has 2 aliphatic carbocycles. The summed E-state index contributed by atoms with van der Waals surface area (Å²) in [6, 6.07) is 13.3. The Hall–Kier alpha value is -3.45. The molecule has 6 atom stereocenters. The zero-order valence-corrected chi connectivity index (χ0v) is 25.8. The van der Waals surface area contributed by atoms with Crippen molar-refractivity contribution in [2.24, 2.45) is 23.5 Å². The van der Waals surface area contributed by atoms with E-state index in [-0.39, 0.29) is 46.5 Å². The van der Waals surface area contributed by atoms with Crippen molar-refractivity contribution in [3.8, 4) is 0 Å². The van der Waals surface area contributed by atoms with Crippen LogP contribution in [0.15, 0.2) is 65.6 Å². The summed E-state index contributed by atoms with van der Waals surface area (Å²) in [6.45, 7) is 1.87. The van der Waals surface area contributed by atoms with E-state index in [0.717, 1.165) is 11.6 Å². The molecule has 2 fully saturated rings. The molecule has 0 aromatic heterocycles. The molecule has 3 aromatic carbocycles. The molecule has 0 heterocycles. The van der Waals surface area contributed by atoms with Gasteiger partial charge in [0.2, 0.25) is 5.91 Å². The van der Waals surface area contributed by atoms with Crippen molar-refractivity contribution >= 4 is 38.9 Å². The lowest BCUT2D eigenvalue weighted by Crippen LogP contribution is -2.57. The molecule has 2 bridgehead atoms. The fraction of sp³-hybridized carbons (Fsp3) is 0.375. The standard InChI is InChI=1S/C32H33ClF3N3O5S/c1-17-9-20-12-22(15-23(17)32(20,42)16-38-31(41)27(37)10-18-5-3-2-4-6-18)45(43,44)28-11-19(7-8-24(28)33)30(40)39-21-13-25(34)29(36)26(35)14-21/h2-8,11,13-14,17,20,22-23,27,42H,9-10,12,15-16,37H2,1H3,(H,38,41)(H,39,40)/t17-,20?,22+,23+,27-,32+/m0/s1. The van der Waals surface area contributed by atoms with Crippen LogP contribution in [0, 0.1) is 35.2 Å². The Morgan fingerprint density at radius 3 is 2.36 bits per heavy atom. The molecular formula is C32H33ClF3N3O5S. The summed E-state index contributed by atoms with van der Waals surface area (Å²) >= 11 is 6.31. The topological polar surface area (TPSA) is 139 Å². The van der Waals surface area contributed by atoms with Gasteiger partial charge in [-0.25, -0.2) is 21.6 Å². The zero-order chi connectivity index (χ0) is 32.7. The van der Waals surface area contributed by atoms with Gasteiger partial charge in [0, 0.05) is 29.9 Å². The van der Waals surface area contributed by atoms with Gasteiger partial charge < -0.3 is 21.5 Å². The van der Waals surface area contributed by atoms with Gasteiger partial charge in [-0.1, -0.05) is 48.9 Å². The first-order valence-corrected chi connectivity index (χ1v) is 16.4. The average molecular weight is 664 g/mol. The van der Waals surface area contributed by atoms with Crippen LogP contribution in [-0.4, -0.2) is 48.8 Å². The summed E-state index contributed by atoms with van der Waals surface area (Å²) in [5, 5.41) is 15.7. The number of halogens is 4. The minimum Gasteiger partial charge on any atom is -0.387 e. The van der Waals surface area contributed by atoms with Crippen LogP contribution in [0.3, 0.4) is 0 Å². The van der Waals surface area contributed by atoms with Crippen LogP contribution in [0.5, 0.6) is 0 Å². The lowest BCUT2D eigenvalue weighted by atomic mass is 9.73. The van der Waals surface area contributed by atoms with Crippen molar-refractivity contribution in [2.45, 2.75) is 54.4 Å². The van der Waals surface area contributed by atoms with E-state index in [0.29, 0.717) is 25.0 Å². The average Bonchev–Trinajstić information content (AvgIpc) is 3.10. The maximum absolute atomic E-state index is 13.9. The first-order valence-electron chi connectivity index (χ1n) is 14.5. The number of carbonyl (C=O) groups excluding carboxylic acids is 2. The molecule has 0 radical (unpaired) electrons. The van der Waals surface area contributed by atoms with Crippen molar-refractivity contribution in [2.75, 3.05) is 11.9 Å². The Kier molecular flexibility index (Phi) is 9.33. The number of carbonyl (C=O) groups is 2. The Bertz CT molecular complexity index is 1710. The van der Waals surface area contributed by atoms with Crippen LogP contribution in [0.1, 0.15) is 42.1 Å². The number of benzene rings is 3. The fourth-order valence-electron chi connectivity index (χ4n) is 6.77. The number of hydrogen-bond acceptors (Lipinski definition) is 6. The number of anilines is 1. The molecule has 1 unspecified atom stereocenters. The highest BCUT2D eigenvalue weighted by Crippen LogP contribution is 2.54. The number of rotatable bonds is 9. The number of nitrogens with two attached hydrogens (primary N) is 1. The van der Waals surface area contributed by atoms with E-state index < -0.39 is 67.8 Å². The van der Waals surface area contributed by atoms with E-state index in [9.17, 15) is 36.3 Å². The van der Waals surface area contributed by atoms with Crippen molar-refractivity contribution in [3.05, 3.63) is 94.3 Å². The van der Waals surface area contributed by atoms with E-state index in [1.807, 2.05) is 37.3 Å². The molecule has 5 N–H and O–H groups in total. The summed E-state index contributed by atoms with van der Waals surface area (Å²) in [6.07, 6.45) is 1.08. The molecule has 2 amide bonds. The number of hydrogen-bond donors (Lipinski definition) is 4. The number of fused-ring (bicyclic) bond motifs is 2. The molecule has 2 aliphatic rings. The van der Waals surface area contributed by atoms with Crippen molar-refractivity contribution in [1.82, 2.24) is 5.32 Å². The van der Waals surface area contributed by atoms with Gasteiger partial charge in [-0.15, -0.1) is 0 Å². The number of nitrogens with one attached hydrogen (secondary N) is 2. The highest BCUT2D eigenvalue weighted by molar-refractivity contribution is 7.92. The highest BCUT2D eigenvalue weighted by atomic mass is 35.5. The first kappa shape index (κ1) is 32.9. The molecule has 5 rings (SSSR count). The van der Waals surface area contributed by atoms with Crippen LogP contribution in [0.25, 0.3) is 0 Å². The number of sulfone groups is 1. The van der Waals surface area contributed by atoms with Crippen molar-refractivity contribution in [3.63, 3.8) is 0 Å². The normalized spacial score (nSPS) is 25.0. The summed E-state index contributed by atoms with van der Waals surface area (Å²) in [7, 11) is -4.12. The van der Waals surface area contributed by atoms with Crippen molar-refractivity contribution in [1.29, 1.82) is 0 Å². The maximum Gasteiger partial charge on any atom is 0.255 e. The molecule has 0 spiro atoms. The van der Waals surface area contributed by atoms with E-state index in [4.69, 9.17) is 17.3 Å². The highest BCUT2D eigenvalue weighted by Gasteiger charge is 2.58. The quantitative estimate of drug-likeness (QED) is 0.246. The lowest BCUT2D eigenvalue weighted by Gasteiger charge is -2.43. The fourth-order valence-corrected chi connectivity index (χ4v) is 9.15. The molecule has 0 saturated heterocycles. The SMILES string of the molecule is C[C@H]1CC2C[C@@H](S(=O)(=O)c3cc(C(=O)Nc4cc(F)c(F)c(F)c4)ccc3Cl)C[C@H]1[C@@]2(O)CNC(=O)[C@@H](N)Cc1ccccc1. The molecule has 3 aromatic rings. The summed E-state index contributed by atoms with van der Waals surface area (Å²) in [5.74, 6) is -6.91. The van der Waals surface area contributed by atoms with E-state index in [2.05, 4.69) is 10.6 Å². The second-order valence-electron chi connectivity index (χ2n) is 12.0.